The molecular formula is C17H16IN5O3S. The van der Waals surface area contributed by atoms with Gasteiger partial charge >= 0.3 is 6.03 Å². The Morgan fingerprint density at radius 2 is 1.93 bits per heavy atom. The maximum Gasteiger partial charge on any atom is 0.320 e. The summed E-state index contributed by atoms with van der Waals surface area (Å²) in [6, 6.07) is 4.48. The summed E-state index contributed by atoms with van der Waals surface area (Å²) in [5.74, 6) is 0.353. The minimum Gasteiger partial charge on any atom is -0.398 e. The summed E-state index contributed by atoms with van der Waals surface area (Å²) in [6.07, 6.45) is 5.66. The minimum absolute atomic E-state index is 0.173. The predicted molar refractivity (Wildman–Crippen MR) is 113 cm³/mol. The highest BCUT2D eigenvalue weighted by Gasteiger charge is 2.19. The maximum atomic E-state index is 12.2. The van der Waals surface area contributed by atoms with Gasteiger partial charge < -0.3 is 11.1 Å². The van der Waals surface area contributed by atoms with Crippen LogP contribution in [0.15, 0.2) is 41.7 Å². The quantitative estimate of drug-likeness (QED) is 0.377. The molecule has 3 aromatic rings. The lowest BCUT2D eigenvalue weighted by atomic mass is 10.0. The molecule has 0 unspecified atom stereocenters. The third-order valence-corrected chi connectivity index (χ3v) is 6.24. The summed E-state index contributed by atoms with van der Waals surface area (Å²) in [4.78, 5) is 20.0. The van der Waals surface area contributed by atoms with Gasteiger partial charge in [0.05, 0.1) is 4.90 Å². The molecule has 4 N–H and O–H groups in total. The molecule has 8 nitrogen and oxygen atoms in total. The molecule has 0 fully saturated rings. The Morgan fingerprint density at radius 1 is 1.19 bits per heavy atom. The van der Waals surface area contributed by atoms with E-state index in [1.54, 1.807) is 18.3 Å². The molecule has 10 heteroatoms. The number of rotatable bonds is 3. The summed E-state index contributed by atoms with van der Waals surface area (Å²) in [5.41, 5.74) is 7.75. The number of anilines is 2. The van der Waals surface area contributed by atoms with E-state index in [2.05, 4.69) is 43.2 Å². The molecular weight excluding hydrogens is 481 g/mol. The second kappa shape index (κ2) is 7.27. The number of urea groups is 1. The van der Waals surface area contributed by atoms with Crippen LogP contribution < -0.4 is 16.4 Å². The number of nitrogens with two attached hydrogens (primary N) is 1. The largest absolute Gasteiger partial charge is 0.398 e. The zero-order chi connectivity index (χ0) is 19.8. The number of hydrogen-bond donors (Lipinski definition) is 3. The molecule has 0 spiro atoms. The number of nitrogens with one attached hydrogen (secondary N) is 2. The lowest BCUT2D eigenvalue weighted by Gasteiger charge is -2.14. The van der Waals surface area contributed by atoms with Crippen molar-refractivity contribution in [3.63, 3.8) is 0 Å². The standard InChI is InChI=1S/C17H16IN5O3S/c1-20-17(24)23-15-6-10-11(8-22-15)13(19)5-9(16(10)18)12-7-21-4-3-14(12)27(2,25)26/h3-8H,19H2,1-2H3,(H2,20,22,23,24). The number of carbonyl (C=O) groups excluding carboxylic acids is 1. The average Bonchev–Trinajstić information content (AvgIpc) is 2.63. The number of nitrogen functional groups attached to an aromatic ring is 1. The Kier molecular flexibility index (Phi) is 5.20. The molecule has 140 valence electrons. The first-order valence-electron chi connectivity index (χ1n) is 7.73. The molecule has 0 bridgehead atoms. The van der Waals surface area contributed by atoms with E-state index < -0.39 is 15.9 Å². The van der Waals surface area contributed by atoms with E-state index in [1.165, 1.54) is 25.5 Å². The number of amides is 2. The highest BCUT2D eigenvalue weighted by atomic mass is 127. The number of carbonyl (C=O) groups is 1. The monoisotopic (exact) mass is 497 g/mol. The number of benzene rings is 1. The fourth-order valence-corrected chi connectivity index (χ4v) is 4.42. The normalized spacial score (nSPS) is 11.4. The van der Waals surface area contributed by atoms with Gasteiger partial charge in [0.1, 0.15) is 5.82 Å². The van der Waals surface area contributed by atoms with Crippen molar-refractivity contribution in [2.24, 2.45) is 0 Å². The third-order valence-electron chi connectivity index (χ3n) is 3.93. The maximum absolute atomic E-state index is 12.2. The zero-order valence-electron chi connectivity index (χ0n) is 14.4. The lowest BCUT2D eigenvalue weighted by Crippen LogP contribution is -2.24. The third kappa shape index (κ3) is 3.81. The molecule has 0 aliphatic heterocycles. The van der Waals surface area contributed by atoms with Gasteiger partial charge in [-0.25, -0.2) is 18.2 Å². The molecule has 27 heavy (non-hydrogen) atoms. The summed E-state index contributed by atoms with van der Waals surface area (Å²) in [6.45, 7) is 0. The fourth-order valence-electron chi connectivity index (χ4n) is 2.66. The molecule has 2 aromatic heterocycles. The van der Waals surface area contributed by atoms with Crippen molar-refractivity contribution in [3.8, 4) is 11.1 Å². The molecule has 1 aromatic carbocycles. The Balaban J connectivity index is 2.27. The van der Waals surface area contributed by atoms with Crippen molar-refractivity contribution in [3.05, 3.63) is 40.4 Å². The van der Waals surface area contributed by atoms with Crippen LogP contribution in [0, 0.1) is 3.57 Å². The van der Waals surface area contributed by atoms with E-state index in [0.29, 0.717) is 28.0 Å². The van der Waals surface area contributed by atoms with E-state index >= 15 is 0 Å². The fraction of sp³-hybridized carbons (Fsp3) is 0.118. The Hall–Kier alpha value is -2.47. The Labute approximate surface area is 169 Å². The predicted octanol–water partition coefficient (Wildman–Crippen LogP) is 2.64. The van der Waals surface area contributed by atoms with Crippen molar-refractivity contribution in [2.75, 3.05) is 24.4 Å². The van der Waals surface area contributed by atoms with Gasteiger partial charge in [0.15, 0.2) is 9.84 Å². The van der Waals surface area contributed by atoms with Gasteiger partial charge in [-0.05, 0) is 40.8 Å². The summed E-state index contributed by atoms with van der Waals surface area (Å²) in [7, 11) is -1.95. The SMILES string of the molecule is CNC(=O)Nc1cc2c(I)c(-c3cnccc3S(C)(=O)=O)cc(N)c2cn1. The van der Waals surface area contributed by atoms with Gasteiger partial charge in [-0.2, -0.15) is 0 Å². The lowest BCUT2D eigenvalue weighted by molar-refractivity contribution is 0.254. The Bertz CT molecular complexity index is 1160. The van der Waals surface area contributed by atoms with Crippen molar-refractivity contribution in [1.29, 1.82) is 0 Å². The van der Waals surface area contributed by atoms with Crippen LogP contribution in [-0.4, -0.2) is 37.7 Å². The van der Waals surface area contributed by atoms with Crippen LogP contribution in [0.5, 0.6) is 0 Å². The van der Waals surface area contributed by atoms with Crippen molar-refractivity contribution in [2.45, 2.75) is 4.90 Å². The molecule has 2 heterocycles. The highest BCUT2D eigenvalue weighted by molar-refractivity contribution is 14.1. The molecule has 0 aliphatic carbocycles. The van der Waals surface area contributed by atoms with Crippen LogP contribution in [0.4, 0.5) is 16.3 Å². The first-order chi connectivity index (χ1) is 12.7. The summed E-state index contributed by atoms with van der Waals surface area (Å²) < 4.78 is 25.1. The second-order valence-corrected chi connectivity index (χ2v) is 8.85. The van der Waals surface area contributed by atoms with Crippen LogP contribution in [0.3, 0.4) is 0 Å². The second-order valence-electron chi connectivity index (χ2n) is 5.79. The van der Waals surface area contributed by atoms with Crippen molar-refractivity contribution < 1.29 is 13.2 Å². The number of sulfone groups is 1. The van der Waals surface area contributed by atoms with Gasteiger partial charge in [-0.15, -0.1) is 0 Å². The summed E-state index contributed by atoms with van der Waals surface area (Å²) >= 11 is 2.13. The molecule has 0 radical (unpaired) electrons. The van der Waals surface area contributed by atoms with Gasteiger partial charge in [-0.1, -0.05) is 0 Å². The zero-order valence-corrected chi connectivity index (χ0v) is 17.4. The molecule has 0 saturated carbocycles. The molecule has 0 atom stereocenters. The number of nitrogens with zero attached hydrogens (tertiary/aromatic N) is 2. The highest BCUT2D eigenvalue weighted by Crippen LogP contribution is 2.38. The number of halogens is 1. The molecule has 2 amide bonds. The average molecular weight is 497 g/mol. The van der Waals surface area contributed by atoms with E-state index in [0.717, 1.165) is 15.2 Å². The van der Waals surface area contributed by atoms with Gasteiger partial charge in [0, 0.05) is 63.1 Å². The Morgan fingerprint density at radius 3 is 2.59 bits per heavy atom. The van der Waals surface area contributed by atoms with Gasteiger partial charge in [0.2, 0.25) is 0 Å². The first kappa shape index (κ1) is 19.3. The molecule has 3 rings (SSSR count). The van der Waals surface area contributed by atoms with Crippen molar-refractivity contribution >= 4 is 60.7 Å². The topological polar surface area (TPSA) is 127 Å². The van der Waals surface area contributed by atoms with E-state index in [-0.39, 0.29) is 4.90 Å². The molecule has 0 aliphatic rings. The van der Waals surface area contributed by atoms with Gasteiger partial charge in [0.25, 0.3) is 0 Å². The number of aromatic nitrogens is 2. The van der Waals surface area contributed by atoms with Gasteiger partial charge in [-0.3, -0.25) is 10.3 Å². The first-order valence-corrected chi connectivity index (χ1v) is 10.7. The summed E-state index contributed by atoms with van der Waals surface area (Å²) in [5, 5.41) is 6.52. The minimum atomic E-state index is -3.45. The number of fused-ring (bicyclic) bond motifs is 1. The van der Waals surface area contributed by atoms with Crippen LogP contribution in [0.2, 0.25) is 0 Å². The van der Waals surface area contributed by atoms with Crippen LogP contribution in [0.25, 0.3) is 21.9 Å². The van der Waals surface area contributed by atoms with Crippen LogP contribution in [0.1, 0.15) is 0 Å². The number of pyridine rings is 2. The molecule has 0 saturated heterocycles. The van der Waals surface area contributed by atoms with Crippen LogP contribution >= 0.6 is 22.6 Å². The van der Waals surface area contributed by atoms with E-state index in [4.69, 9.17) is 5.73 Å². The van der Waals surface area contributed by atoms with E-state index in [9.17, 15) is 13.2 Å². The van der Waals surface area contributed by atoms with Crippen molar-refractivity contribution in [1.82, 2.24) is 15.3 Å². The van der Waals surface area contributed by atoms with E-state index in [1.807, 2.05) is 0 Å². The smallest absolute Gasteiger partial charge is 0.320 e. The van der Waals surface area contributed by atoms with Crippen LogP contribution in [-0.2, 0) is 9.84 Å². The number of hydrogen-bond acceptors (Lipinski definition) is 6.